The van der Waals surface area contributed by atoms with Crippen molar-refractivity contribution in [2.45, 2.75) is 13.5 Å². The molecule has 1 fully saturated rings. The largest absolute Gasteiger partial charge is 0.507 e. The first-order chi connectivity index (χ1) is 16.6. The minimum atomic E-state index is -0.126. The molecular weight excluding hydrogens is 428 g/mol. The summed E-state index contributed by atoms with van der Waals surface area (Å²) in [7, 11) is 1.59. The minimum absolute atomic E-state index is 0.126. The van der Waals surface area contributed by atoms with Gasteiger partial charge in [-0.15, -0.1) is 0 Å². The first kappa shape index (κ1) is 22.0. The Morgan fingerprint density at radius 3 is 2.38 bits per heavy atom. The maximum Gasteiger partial charge on any atom is 0.200 e. The number of anilines is 1. The smallest absolute Gasteiger partial charge is 0.200 e. The number of ether oxygens (including phenoxy) is 1. The van der Waals surface area contributed by atoms with Crippen LogP contribution in [-0.4, -0.2) is 43.3 Å². The molecule has 0 bridgehead atoms. The van der Waals surface area contributed by atoms with E-state index in [-0.39, 0.29) is 11.2 Å². The van der Waals surface area contributed by atoms with Crippen LogP contribution in [0.25, 0.3) is 22.1 Å². The van der Waals surface area contributed by atoms with Gasteiger partial charge in [0.1, 0.15) is 22.8 Å². The van der Waals surface area contributed by atoms with Crippen LogP contribution in [0.15, 0.2) is 75.9 Å². The van der Waals surface area contributed by atoms with Crippen molar-refractivity contribution >= 4 is 16.7 Å². The molecule has 6 heteroatoms. The molecular formula is C28H28N2O4. The van der Waals surface area contributed by atoms with E-state index >= 15 is 0 Å². The Bertz CT molecular complexity index is 1370. The lowest BCUT2D eigenvalue weighted by Crippen LogP contribution is -2.46. The van der Waals surface area contributed by atoms with Crippen LogP contribution in [0, 0.1) is 6.92 Å². The molecule has 0 atom stereocenters. The molecule has 0 aliphatic carbocycles. The third kappa shape index (κ3) is 4.01. The normalized spacial score (nSPS) is 14.5. The van der Waals surface area contributed by atoms with Crippen LogP contribution in [0.1, 0.15) is 11.3 Å². The molecule has 3 aromatic carbocycles. The van der Waals surface area contributed by atoms with Gasteiger partial charge in [0, 0.05) is 44.0 Å². The highest BCUT2D eigenvalue weighted by atomic mass is 16.5. The Morgan fingerprint density at radius 1 is 0.941 bits per heavy atom. The van der Waals surface area contributed by atoms with Gasteiger partial charge in [-0.1, -0.05) is 36.4 Å². The van der Waals surface area contributed by atoms with Gasteiger partial charge in [0.05, 0.1) is 23.6 Å². The van der Waals surface area contributed by atoms with Gasteiger partial charge in [0.25, 0.3) is 0 Å². The number of aryl methyl sites for hydroxylation is 1. The van der Waals surface area contributed by atoms with Gasteiger partial charge in [-0.25, -0.2) is 0 Å². The first-order valence-corrected chi connectivity index (χ1v) is 11.5. The van der Waals surface area contributed by atoms with E-state index in [0.717, 1.165) is 26.2 Å². The maximum absolute atomic E-state index is 13.6. The molecule has 0 amide bonds. The van der Waals surface area contributed by atoms with Crippen molar-refractivity contribution in [1.29, 1.82) is 0 Å². The first-order valence-electron chi connectivity index (χ1n) is 11.5. The number of phenolic OH excluding ortho intramolecular Hbond substituents is 1. The lowest BCUT2D eigenvalue weighted by atomic mass is 10.00. The molecule has 0 unspecified atom stereocenters. The standard InChI is InChI=1S/C28H28N2O4/c1-19-26(21-10-6-7-11-25(21)33-2)27(32)22-12-13-24(31)23(28(22)34-19)18-29-14-16-30(17-15-29)20-8-4-3-5-9-20/h3-13,31H,14-18H2,1-2H3. The summed E-state index contributed by atoms with van der Waals surface area (Å²) in [5.74, 6) is 1.26. The molecule has 0 saturated carbocycles. The number of nitrogens with zero attached hydrogens (tertiary/aromatic N) is 2. The fourth-order valence-corrected chi connectivity index (χ4v) is 4.75. The number of rotatable bonds is 5. The van der Waals surface area contributed by atoms with Crippen molar-refractivity contribution in [2.75, 3.05) is 38.2 Å². The maximum atomic E-state index is 13.6. The summed E-state index contributed by atoms with van der Waals surface area (Å²) in [4.78, 5) is 18.2. The predicted octanol–water partition coefficient (Wildman–Crippen LogP) is 4.80. The number of fused-ring (bicyclic) bond motifs is 1. The molecule has 2 heterocycles. The monoisotopic (exact) mass is 456 g/mol. The van der Waals surface area contributed by atoms with Crippen LogP contribution in [0.5, 0.6) is 11.5 Å². The van der Waals surface area contributed by atoms with E-state index in [4.69, 9.17) is 9.15 Å². The topological polar surface area (TPSA) is 66.2 Å². The number of para-hydroxylation sites is 2. The molecule has 6 nitrogen and oxygen atoms in total. The molecule has 4 aromatic rings. The number of aromatic hydroxyl groups is 1. The van der Waals surface area contributed by atoms with Crippen molar-refractivity contribution < 1.29 is 14.3 Å². The molecule has 1 aromatic heterocycles. The summed E-state index contributed by atoms with van der Waals surface area (Å²) in [6, 6.07) is 21.1. The second-order valence-electron chi connectivity index (χ2n) is 8.60. The number of benzene rings is 3. The summed E-state index contributed by atoms with van der Waals surface area (Å²) in [6.07, 6.45) is 0. The van der Waals surface area contributed by atoms with Crippen molar-refractivity contribution in [1.82, 2.24) is 4.90 Å². The van der Waals surface area contributed by atoms with E-state index in [1.165, 1.54) is 5.69 Å². The average molecular weight is 457 g/mol. The quantitative estimate of drug-likeness (QED) is 0.465. The SMILES string of the molecule is COc1ccccc1-c1c(C)oc2c(CN3CCN(c4ccccc4)CC3)c(O)ccc2c1=O. The zero-order valence-corrected chi connectivity index (χ0v) is 19.5. The van der Waals surface area contributed by atoms with E-state index in [1.54, 1.807) is 26.2 Å². The lowest BCUT2D eigenvalue weighted by molar-refractivity contribution is 0.246. The molecule has 0 spiro atoms. The van der Waals surface area contributed by atoms with Crippen LogP contribution in [0.4, 0.5) is 5.69 Å². The van der Waals surface area contributed by atoms with Crippen molar-refractivity contribution in [3.05, 3.63) is 88.3 Å². The Kier molecular flexibility index (Phi) is 5.99. The van der Waals surface area contributed by atoms with Gasteiger partial charge in [-0.2, -0.15) is 0 Å². The summed E-state index contributed by atoms with van der Waals surface area (Å²) in [5.41, 5.74) is 3.38. The molecule has 5 rings (SSSR count). The van der Waals surface area contributed by atoms with E-state index in [1.807, 2.05) is 30.3 Å². The van der Waals surface area contributed by atoms with E-state index < -0.39 is 0 Å². The Hall–Kier alpha value is -3.77. The Morgan fingerprint density at radius 2 is 1.65 bits per heavy atom. The van der Waals surface area contributed by atoms with Gasteiger partial charge in [0.2, 0.25) is 5.43 Å². The zero-order chi connectivity index (χ0) is 23.7. The zero-order valence-electron chi connectivity index (χ0n) is 19.5. The summed E-state index contributed by atoms with van der Waals surface area (Å²) in [5, 5.41) is 11.2. The summed E-state index contributed by atoms with van der Waals surface area (Å²) < 4.78 is 11.7. The number of hydrogen-bond acceptors (Lipinski definition) is 6. The number of piperazine rings is 1. The van der Waals surface area contributed by atoms with Crippen LogP contribution in [-0.2, 0) is 6.54 Å². The van der Waals surface area contributed by atoms with Crippen molar-refractivity contribution in [2.24, 2.45) is 0 Å². The second kappa shape index (κ2) is 9.23. The molecule has 34 heavy (non-hydrogen) atoms. The highest BCUT2D eigenvalue weighted by molar-refractivity contribution is 5.87. The lowest BCUT2D eigenvalue weighted by Gasteiger charge is -2.36. The Labute approximate surface area is 198 Å². The van der Waals surface area contributed by atoms with Crippen LogP contribution >= 0.6 is 0 Å². The van der Waals surface area contributed by atoms with Gasteiger partial charge in [-0.05, 0) is 37.3 Å². The fraction of sp³-hybridized carbons (Fsp3) is 0.250. The third-order valence-electron chi connectivity index (χ3n) is 6.57. The van der Waals surface area contributed by atoms with Crippen LogP contribution in [0.2, 0.25) is 0 Å². The van der Waals surface area contributed by atoms with Crippen molar-refractivity contribution in [3.63, 3.8) is 0 Å². The minimum Gasteiger partial charge on any atom is -0.507 e. The number of phenols is 1. The Balaban J connectivity index is 1.47. The van der Waals surface area contributed by atoms with Gasteiger partial charge in [-0.3, -0.25) is 9.69 Å². The third-order valence-corrected chi connectivity index (χ3v) is 6.57. The second-order valence-corrected chi connectivity index (χ2v) is 8.60. The fourth-order valence-electron chi connectivity index (χ4n) is 4.75. The van der Waals surface area contributed by atoms with E-state index in [0.29, 0.717) is 45.7 Å². The van der Waals surface area contributed by atoms with Gasteiger partial charge in [0.15, 0.2) is 0 Å². The van der Waals surface area contributed by atoms with Gasteiger partial charge >= 0.3 is 0 Å². The van der Waals surface area contributed by atoms with Crippen LogP contribution in [0.3, 0.4) is 0 Å². The highest BCUT2D eigenvalue weighted by Crippen LogP contribution is 2.34. The summed E-state index contributed by atoms with van der Waals surface area (Å²) in [6.45, 7) is 5.81. The van der Waals surface area contributed by atoms with Crippen molar-refractivity contribution in [3.8, 4) is 22.6 Å². The summed E-state index contributed by atoms with van der Waals surface area (Å²) >= 11 is 0. The number of hydrogen-bond donors (Lipinski definition) is 1. The average Bonchev–Trinajstić information content (AvgIpc) is 2.87. The van der Waals surface area contributed by atoms with Gasteiger partial charge < -0.3 is 19.2 Å². The molecule has 1 aliphatic rings. The molecule has 1 N–H and O–H groups in total. The molecule has 1 saturated heterocycles. The number of methoxy groups -OCH3 is 1. The van der Waals surface area contributed by atoms with E-state index in [2.05, 4.69) is 34.1 Å². The molecule has 0 radical (unpaired) electrons. The molecule has 174 valence electrons. The molecule has 1 aliphatic heterocycles. The van der Waals surface area contributed by atoms with E-state index in [9.17, 15) is 9.90 Å². The predicted molar refractivity (Wildman–Crippen MR) is 135 cm³/mol. The van der Waals surface area contributed by atoms with Crippen LogP contribution < -0.4 is 15.1 Å². The highest BCUT2D eigenvalue weighted by Gasteiger charge is 2.23.